The maximum absolute atomic E-state index is 13.9. The van der Waals surface area contributed by atoms with Crippen molar-refractivity contribution in [2.45, 2.75) is 62.5 Å². The Morgan fingerprint density at radius 3 is 2.60 bits per heavy atom. The Bertz CT molecular complexity index is 1290. The number of aliphatic hydroxyl groups is 1. The van der Waals surface area contributed by atoms with E-state index in [1.165, 1.54) is 30.6 Å². The summed E-state index contributed by atoms with van der Waals surface area (Å²) in [6, 6.07) is 7.22. The minimum absolute atomic E-state index is 0.0719. The van der Waals surface area contributed by atoms with E-state index in [0.29, 0.717) is 47.3 Å². The monoisotopic (exact) mass is 571 g/mol. The van der Waals surface area contributed by atoms with E-state index in [4.69, 9.17) is 5.73 Å². The molecule has 0 aromatic heterocycles. The van der Waals surface area contributed by atoms with Crippen molar-refractivity contribution in [3.05, 3.63) is 76.5 Å². The molecule has 2 fully saturated rings. The Hall–Kier alpha value is -2.66. The molecule has 0 amide bonds. The van der Waals surface area contributed by atoms with Crippen LogP contribution in [0.15, 0.2) is 75.9 Å². The highest BCUT2D eigenvalue weighted by molar-refractivity contribution is 7.89. The molecule has 1 saturated heterocycles. The fraction of sp³-hybridized carbons (Fsp3) is 0.533. The van der Waals surface area contributed by atoms with E-state index in [9.17, 15) is 17.9 Å². The molecule has 1 aromatic carbocycles. The van der Waals surface area contributed by atoms with Crippen LogP contribution in [0.1, 0.15) is 44.6 Å². The molecule has 2 unspecified atom stereocenters. The van der Waals surface area contributed by atoms with Crippen LogP contribution in [0.25, 0.3) is 0 Å². The Morgan fingerprint density at radius 2 is 1.93 bits per heavy atom. The summed E-state index contributed by atoms with van der Waals surface area (Å²) in [7, 11) is -3.51. The van der Waals surface area contributed by atoms with Gasteiger partial charge in [0.1, 0.15) is 5.83 Å². The SMILES string of the molecule is CC(O)C1=C(/C(N)=C/NCC2CCN(CCNS(=O)(=O)c3ccc(CC4CC4)cc3)CC2)C2=CC(F)=CCC2N1. The number of piperidine rings is 1. The first-order valence-corrected chi connectivity index (χ1v) is 15.9. The zero-order valence-corrected chi connectivity index (χ0v) is 24.0. The molecule has 40 heavy (non-hydrogen) atoms. The van der Waals surface area contributed by atoms with Crippen molar-refractivity contribution in [2.75, 3.05) is 32.7 Å². The first kappa shape index (κ1) is 28.9. The third-order valence-corrected chi connectivity index (χ3v) is 9.83. The molecule has 10 heteroatoms. The van der Waals surface area contributed by atoms with Crippen molar-refractivity contribution < 1.29 is 17.9 Å². The number of sulfonamides is 1. The van der Waals surface area contributed by atoms with Crippen molar-refractivity contribution in [3.63, 3.8) is 0 Å². The molecular formula is C30H42FN5O3S. The average molecular weight is 572 g/mol. The molecule has 2 aliphatic heterocycles. The largest absolute Gasteiger partial charge is 0.397 e. The van der Waals surface area contributed by atoms with Gasteiger partial charge in [-0.2, -0.15) is 0 Å². The van der Waals surface area contributed by atoms with Gasteiger partial charge >= 0.3 is 0 Å². The number of hydrogen-bond donors (Lipinski definition) is 5. The number of nitrogens with one attached hydrogen (secondary N) is 3. The fourth-order valence-corrected chi connectivity index (χ4v) is 6.84. The molecular weight excluding hydrogens is 529 g/mol. The van der Waals surface area contributed by atoms with Crippen molar-refractivity contribution in [1.82, 2.24) is 20.3 Å². The summed E-state index contributed by atoms with van der Waals surface area (Å²) < 4.78 is 42.1. The molecule has 6 N–H and O–H groups in total. The molecule has 1 aromatic rings. The van der Waals surface area contributed by atoms with Gasteiger partial charge in [0.25, 0.3) is 0 Å². The molecule has 2 atom stereocenters. The highest BCUT2D eigenvalue weighted by Gasteiger charge is 2.33. The second-order valence-electron chi connectivity index (χ2n) is 11.6. The number of allylic oxidation sites excluding steroid dienone is 3. The topological polar surface area (TPSA) is 120 Å². The van der Waals surface area contributed by atoms with Gasteiger partial charge in [0, 0.05) is 37.1 Å². The Balaban J connectivity index is 1.04. The molecule has 218 valence electrons. The number of nitrogens with two attached hydrogens (primary N) is 1. The van der Waals surface area contributed by atoms with Crippen molar-refractivity contribution in [1.29, 1.82) is 0 Å². The van der Waals surface area contributed by atoms with Crippen molar-refractivity contribution in [2.24, 2.45) is 17.6 Å². The Kier molecular flexibility index (Phi) is 8.99. The van der Waals surface area contributed by atoms with Gasteiger partial charge in [-0.05, 0) is 106 Å². The number of aliphatic hydroxyl groups excluding tert-OH is 1. The van der Waals surface area contributed by atoms with Gasteiger partial charge in [-0.25, -0.2) is 17.5 Å². The van der Waals surface area contributed by atoms with Crippen LogP contribution in [0.2, 0.25) is 0 Å². The van der Waals surface area contributed by atoms with Crippen LogP contribution < -0.4 is 21.1 Å². The lowest BCUT2D eigenvalue weighted by Crippen LogP contribution is -2.41. The van der Waals surface area contributed by atoms with E-state index < -0.39 is 16.1 Å². The number of rotatable bonds is 12. The summed E-state index contributed by atoms with van der Waals surface area (Å²) in [6.07, 6.45) is 10.2. The van der Waals surface area contributed by atoms with Crippen LogP contribution in [0.5, 0.6) is 0 Å². The minimum Gasteiger partial charge on any atom is -0.397 e. The van der Waals surface area contributed by atoms with Crippen LogP contribution in [0.4, 0.5) is 4.39 Å². The van der Waals surface area contributed by atoms with E-state index in [2.05, 4.69) is 20.3 Å². The van der Waals surface area contributed by atoms with Gasteiger partial charge in [0.05, 0.1) is 22.7 Å². The van der Waals surface area contributed by atoms with Gasteiger partial charge in [0.15, 0.2) is 0 Å². The second kappa shape index (κ2) is 12.5. The summed E-state index contributed by atoms with van der Waals surface area (Å²) in [5, 5.41) is 16.9. The quantitative estimate of drug-likeness (QED) is 0.262. The van der Waals surface area contributed by atoms with Crippen molar-refractivity contribution >= 4 is 10.0 Å². The van der Waals surface area contributed by atoms with E-state index in [-0.39, 0.29) is 11.9 Å². The second-order valence-corrected chi connectivity index (χ2v) is 13.3. The van der Waals surface area contributed by atoms with Gasteiger partial charge in [-0.3, -0.25) is 0 Å². The molecule has 8 nitrogen and oxygen atoms in total. The lowest BCUT2D eigenvalue weighted by Gasteiger charge is -2.32. The summed E-state index contributed by atoms with van der Waals surface area (Å²) in [4.78, 5) is 2.62. The molecule has 4 aliphatic rings. The highest BCUT2D eigenvalue weighted by Crippen LogP contribution is 2.36. The number of hydrogen-bond acceptors (Lipinski definition) is 7. The summed E-state index contributed by atoms with van der Waals surface area (Å²) >= 11 is 0. The summed E-state index contributed by atoms with van der Waals surface area (Å²) in [5.74, 6) is 0.967. The van der Waals surface area contributed by atoms with Gasteiger partial charge in [0.2, 0.25) is 10.0 Å². The van der Waals surface area contributed by atoms with E-state index in [0.717, 1.165) is 50.4 Å². The predicted octanol–water partition coefficient (Wildman–Crippen LogP) is 2.81. The number of benzene rings is 1. The zero-order chi connectivity index (χ0) is 28.3. The minimum atomic E-state index is -3.51. The van der Waals surface area contributed by atoms with Crippen molar-refractivity contribution in [3.8, 4) is 0 Å². The van der Waals surface area contributed by atoms with Gasteiger partial charge in [-0.15, -0.1) is 0 Å². The highest BCUT2D eigenvalue weighted by atomic mass is 32.2. The Labute approximate surface area is 237 Å². The molecule has 2 aliphatic carbocycles. The van der Waals surface area contributed by atoms with Crippen LogP contribution >= 0.6 is 0 Å². The molecule has 2 heterocycles. The lowest BCUT2D eigenvalue weighted by molar-refractivity contribution is 0.187. The van der Waals surface area contributed by atoms with E-state index in [1.54, 1.807) is 25.3 Å². The predicted molar refractivity (Wildman–Crippen MR) is 155 cm³/mol. The van der Waals surface area contributed by atoms with E-state index >= 15 is 0 Å². The summed E-state index contributed by atoms with van der Waals surface area (Å²) in [6.45, 7) is 5.32. The molecule has 0 radical (unpaired) electrons. The normalized spacial score (nSPS) is 23.4. The maximum Gasteiger partial charge on any atom is 0.240 e. The first-order chi connectivity index (χ1) is 19.2. The molecule has 0 bridgehead atoms. The van der Waals surface area contributed by atoms with Crippen LogP contribution in [-0.2, 0) is 16.4 Å². The number of halogens is 1. The standard InChI is InChI=1S/C30H42FN5O3S/c1-20(37)30-29(26-17-24(31)6-9-28(26)35-30)27(32)19-33-18-23-10-13-36(14-11-23)15-12-34-40(38,39)25-7-4-22(5-8-25)16-21-2-3-21/h4-8,17,19-21,23,28,33-35,37H,2-3,9-16,18,32H2,1H3/b27-19-. The smallest absolute Gasteiger partial charge is 0.240 e. The number of likely N-dealkylation sites (tertiary alicyclic amines) is 1. The average Bonchev–Trinajstić information content (AvgIpc) is 3.66. The first-order valence-electron chi connectivity index (χ1n) is 14.5. The van der Waals surface area contributed by atoms with Gasteiger partial charge in [-0.1, -0.05) is 12.1 Å². The van der Waals surface area contributed by atoms with E-state index in [1.807, 2.05) is 12.1 Å². The summed E-state index contributed by atoms with van der Waals surface area (Å²) in [5.41, 5.74) is 10.2. The Morgan fingerprint density at radius 1 is 1.20 bits per heavy atom. The molecule has 5 rings (SSSR count). The zero-order valence-electron chi connectivity index (χ0n) is 23.2. The third-order valence-electron chi connectivity index (χ3n) is 8.36. The third kappa shape index (κ3) is 7.15. The fourth-order valence-electron chi connectivity index (χ4n) is 5.82. The lowest BCUT2D eigenvalue weighted by atomic mass is 9.93. The van der Waals surface area contributed by atoms with Crippen LogP contribution in [0.3, 0.4) is 0 Å². The van der Waals surface area contributed by atoms with Gasteiger partial charge < -0.3 is 26.4 Å². The number of nitrogens with zero attached hydrogens (tertiary/aromatic N) is 1. The number of fused-ring (bicyclic) bond motifs is 1. The molecule has 0 spiro atoms. The molecule has 1 saturated carbocycles. The maximum atomic E-state index is 13.9. The van der Waals surface area contributed by atoms with Crippen LogP contribution in [0, 0.1) is 11.8 Å². The van der Waals surface area contributed by atoms with Crippen LogP contribution in [-0.4, -0.2) is 63.3 Å².